The van der Waals surface area contributed by atoms with Gasteiger partial charge < -0.3 is 10.5 Å². The lowest BCUT2D eigenvalue weighted by Gasteiger charge is -2.12. The van der Waals surface area contributed by atoms with Crippen molar-refractivity contribution in [2.75, 3.05) is 7.11 Å². The van der Waals surface area contributed by atoms with E-state index in [9.17, 15) is 0 Å². The van der Waals surface area contributed by atoms with Gasteiger partial charge in [0.25, 0.3) is 0 Å². The Morgan fingerprint density at radius 1 is 1.25 bits per heavy atom. The van der Waals surface area contributed by atoms with E-state index in [1.807, 2.05) is 18.2 Å². The fraction of sp³-hybridized carbons (Fsp3) is 0.571. The van der Waals surface area contributed by atoms with Gasteiger partial charge in [-0.25, -0.2) is 0 Å². The first kappa shape index (κ1) is 13.0. The van der Waals surface area contributed by atoms with Crippen LogP contribution in [0.1, 0.15) is 50.6 Å². The van der Waals surface area contributed by atoms with E-state index in [0.717, 1.165) is 12.2 Å². The van der Waals surface area contributed by atoms with Gasteiger partial charge in [0, 0.05) is 6.04 Å². The van der Waals surface area contributed by atoms with Crippen LogP contribution in [-0.4, -0.2) is 7.11 Å². The van der Waals surface area contributed by atoms with E-state index in [2.05, 4.69) is 13.0 Å². The number of hydrogen-bond donors (Lipinski definition) is 1. The Morgan fingerprint density at radius 3 is 2.75 bits per heavy atom. The van der Waals surface area contributed by atoms with Gasteiger partial charge in [0.2, 0.25) is 0 Å². The SMILES string of the molecule is CCCCCCC(N)c1cccc(OC)c1. The highest BCUT2D eigenvalue weighted by Gasteiger charge is 2.06. The maximum absolute atomic E-state index is 6.15. The zero-order chi connectivity index (χ0) is 11.8. The van der Waals surface area contributed by atoms with Crippen LogP contribution in [0.2, 0.25) is 0 Å². The van der Waals surface area contributed by atoms with Crippen molar-refractivity contribution in [3.05, 3.63) is 29.8 Å². The first-order valence-electron chi connectivity index (χ1n) is 6.17. The number of methoxy groups -OCH3 is 1. The third-order valence-electron chi connectivity index (χ3n) is 2.89. The van der Waals surface area contributed by atoms with Gasteiger partial charge in [-0.15, -0.1) is 0 Å². The van der Waals surface area contributed by atoms with E-state index in [0.29, 0.717) is 0 Å². The molecule has 0 amide bonds. The van der Waals surface area contributed by atoms with Crippen LogP contribution >= 0.6 is 0 Å². The van der Waals surface area contributed by atoms with E-state index in [1.165, 1.54) is 31.2 Å². The predicted octanol–water partition coefficient (Wildman–Crippen LogP) is 3.67. The van der Waals surface area contributed by atoms with Crippen molar-refractivity contribution >= 4 is 0 Å². The standard InChI is InChI=1S/C14H23NO/c1-3-4-5-6-10-14(15)12-8-7-9-13(11-12)16-2/h7-9,11,14H,3-6,10,15H2,1-2H3. The lowest BCUT2D eigenvalue weighted by Crippen LogP contribution is -2.10. The molecule has 2 nitrogen and oxygen atoms in total. The summed E-state index contributed by atoms with van der Waals surface area (Å²) in [6, 6.07) is 8.21. The second-order valence-corrected chi connectivity index (χ2v) is 4.23. The van der Waals surface area contributed by atoms with Gasteiger partial charge in [-0.2, -0.15) is 0 Å². The number of hydrogen-bond acceptors (Lipinski definition) is 2. The van der Waals surface area contributed by atoms with E-state index in [4.69, 9.17) is 10.5 Å². The number of rotatable bonds is 7. The Bertz CT molecular complexity index is 299. The van der Waals surface area contributed by atoms with Gasteiger partial charge in [-0.3, -0.25) is 0 Å². The van der Waals surface area contributed by atoms with Crippen LogP contribution in [0.5, 0.6) is 5.75 Å². The largest absolute Gasteiger partial charge is 0.497 e. The lowest BCUT2D eigenvalue weighted by atomic mass is 10.0. The molecule has 2 heteroatoms. The molecule has 0 aliphatic heterocycles. The third kappa shape index (κ3) is 4.23. The van der Waals surface area contributed by atoms with Gasteiger partial charge in [-0.05, 0) is 24.1 Å². The van der Waals surface area contributed by atoms with Crippen LogP contribution in [0.4, 0.5) is 0 Å². The van der Waals surface area contributed by atoms with Gasteiger partial charge in [0.05, 0.1) is 7.11 Å². The Kier molecular flexibility index (Phi) is 5.94. The van der Waals surface area contributed by atoms with Crippen LogP contribution in [-0.2, 0) is 0 Å². The van der Waals surface area contributed by atoms with Crippen LogP contribution < -0.4 is 10.5 Å². The third-order valence-corrected chi connectivity index (χ3v) is 2.89. The molecule has 2 N–H and O–H groups in total. The molecular weight excluding hydrogens is 198 g/mol. The highest BCUT2D eigenvalue weighted by molar-refractivity contribution is 5.30. The molecule has 0 aromatic heterocycles. The van der Waals surface area contributed by atoms with Crippen molar-refractivity contribution in [1.29, 1.82) is 0 Å². The molecule has 1 aromatic carbocycles. The van der Waals surface area contributed by atoms with E-state index >= 15 is 0 Å². The Hall–Kier alpha value is -1.02. The van der Waals surface area contributed by atoms with Crippen molar-refractivity contribution in [3.63, 3.8) is 0 Å². The maximum Gasteiger partial charge on any atom is 0.119 e. The summed E-state index contributed by atoms with van der Waals surface area (Å²) < 4.78 is 5.19. The van der Waals surface area contributed by atoms with Crippen LogP contribution in [0.15, 0.2) is 24.3 Å². The molecule has 1 atom stereocenters. The summed E-state index contributed by atoms with van der Waals surface area (Å²) >= 11 is 0. The monoisotopic (exact) mass is 221 g/mol. The van der Waals surface area contributed by atoms with Gasteiger partial charge in [-0.1, -0.05) is 44.7 Å². The lowest BCUT2D eigenvalue weighted by molar-refractivity contribution is 0.413. The number of ether oxygens (including phenoxy) is 1. The molecule has 16 heavy (non-hydrogen) atoms. The molecule has 0 radical (unpaired) electrons. The number of nitrogens with two attached hydrogens (primary N) is 1. The summed E-state index contributed by atoms with van der Waals surface area (Å²) in [4.78, 5) is 0. The molecule has 0 saturated carbocycles. The normalized spacial score (nSPS) is 12.4. The summed E-state index contributed by atoms with van der Waals surface area (Å²) in [6.45, 7) is 2.22. The highest BCUT2D eigenvalue weighted by Crippen LogP contribution is 2.21. The zero-order valence-electron chi connectivity index (χ0n) is 10.4. The second kappa shape index (κ2) is 7.29. The number of unbranched alkanes of at least 4 members (excludes halogenated alkanes) is 3. The molecule has 90 valence electrons. The van der Waals surface area contributed by atoms with Crippen molar-refractivity contribution < 1.29 is 4.74 Å². The Labute approximate surface area is 98.8 Å². The zero-order valence-corrected chi connectivity index (χ0v) is 10.4. The second-order valence-electron chi connectivity index (χ2n) is 4.23. The van der Waals surface area contributed by atoms with Crippen molar-refractivity contribution in [2.24, 2.45) is 5.73 Å². The molecule has 0 heterocycles. The fourth-order valence-corrected chi connectivity index (χ4v) is 1.83. The van der Waals surface area contributed by atoms with Crippen LogP contribution in [0.25, 0.3) is 0 Å². The fourth-order valence-electron chi connectivity index (χ4n) is 1.83. The summed E-state index contributed by atoms with van der Waals surface area (Å²) in [5, 5.41) is 0. The van der Waals surface area contributed by atoms with Crippen molar-refractivity contribution in [1.82, 2.24) is 0 Å². The summed E-state index contributed by atoms with van der Waals surface area (Å²) in [7, 11) is 1.69. The molecule has 0 spiro atoms. The van der Waals surface area contributed by atoms with E-state index in [1.54, 1.807) is 7.11 Å². The first-order chi connectivity index (χ1) is 7.77. The molecule has 0 aliphatic carbocycles. The Balaban J connectivity index is 2.42. The van der Waals surface area contributed by atoms with E-state index < -0.39 is 0 Å². The average molecular weight is 221 g/mol. The molecular formula is C14H23NO. The van der Waals surface area contributed by atoms with Gasteiger partial charge in [0.15, 0.2) is 0 Å². The minimum Gasteiger partial charge on any atom is -0.497 e. The summed E-state index contributed by atoms with van der Waals surface area (Å²) in [5.41, 5.74) is 7.32. The molecule has 1 aromatic rings. The van der Waals surface area contributed by atoms with Crippen molar-refractivity contribution in [3.8, 4) is 5.75 Å². The molecule has 0 aliphatic rings. The summed E-state index contributed by atoms with van der Waals surface area (Å²) in [6.07, 6.45) is 6.15. The molecule has 0 bridgehead atoms. The molecule has 1 rings (SSSR count). The van der Waals surface area contributed by atoms with Gasteiger partial charge >= 0.3 is 0 Å². The smallest absolute Gasteiger partial charge is 0.119 e. The summed E-state index contributed by atoms with van der Waals surface area (Å²) in [5.74, 6) is 0.890. The Morgan fingerprint density at radius 2 is 2.06 bits per heavy atom. The van der Waals surface area contributed by atoms with Crippen LogP contribution in [0, 0.1) is 0 Å². The quantitative estimate of drug-likeness (QED) is 0.713. The van der Waals surface area contributed by atoms with Gasteiger partial charge in [0.1, 0.15) is 5.75 Å². The van der Waals surface area contributed by atoms with Crippen molar-refractivity contribution in [2.45, 2.75) is 45.1 Å². The minimum absolute atomic E-state index is 0.145. The molecule has 1 unspecified atom stereocenters. The highest BCUT2D eigenvalue weighted by atomic mass is 16.5. The minimum atomic E-state index is 0.145. The van der Waals surface area contributed by atoms with E-state index in [-0.39, 0.29) is 6.04 Å². The number of benzene rings is 1. The topological polar surface area (TPSA) is 35.2 Å². The van der Waals surface area contributed by atoms with Crippen LogP contribution in [0.3, 0.4) is 0 Å². The first-order valence-corrected chi connectivity index (χ1v) is 6.17. The average Bonchev–Trinajstić information content (AvgIpc) is 2.34. The molecule has 0 fully saturated rings. The predicted molar refractivity (Wildman–Crippen MR) is 68.7 cm³/mol. The molecule has 0 saturated heterocycles. The maximum atomic E-state index is 6.15.